The van der Waals surface area contributed by atoms with Gasteiger partial charge in [-0.2, -0.15) is 4.98 Å². The zero-order valence-electron chi connectivity index (χ0n) is 21.7. The molecule has 10 nitrogen and oxygen atoms in total. The van der Waals surface area contributed by atoms with E-state index < -0.39 is 11.2 Å². The number of hydrogen-bond donors (Lipinski definition) is 1. The summed E-state index contributed by atoms with van der Waals surface area (Å²) in [6, 6.07) is 7.66. The van der Waals surface area contributed by atoms with Crippen LogP contribution in [-0.2, 0) is 20.1 Å². The molecule has 0 unspecified atom stereocenters. The Kier molecular flexibility index (Phi) is 6.69. The van der Waals surface area contributed by atoms with Crippen molar-refractivity contribution in [1.82, 2.24) is 28.7 Å². The van der Waals surface area contributed by atoms with Crippen LogP contribution < -0.4 is 21.9 Å². The van der Waals surface area contributed by atoms with E-state index in [1.54, 1.807) is 18.5 Å². The first-order valence-corrected chi connectivity index (χ1v) is 11.8. The predicted molar refractivity (Wildman–Crippen MR) is 142 cm³/mol. The molecule has 0 fully saturated rings. The Hall–Kier alpha value is -3.97. The largest absolute Gasteiger partial charge is 0.345 e. The predicted octanol–water partition coefficient (Wildman–Crippen LogP) is 1.78. The lowest BCUT2D eigenvalue weighted by Gasteiger charge is -2.24. The second kappa shape index (κ2) is 9.59. The summed E-state index contributed by atoms with van der Waals surface area (Å²) in [6.07, 6.45) is 0.716. The molecule has 2 N–H and O–H groups in total. The van der Waals surface area contributed by atoms with Crippen LogP contribution in [0.5, 0.6) is 0 Å². The summed E-state index contributed by atoms with van der Waals surface area (Å²) in [5.41, 5.74) is 7.06. The topological polar surface area (TPSA) is 117 Å². The highest BCUT2D eigenvalue weighted by Crippen LogP contribution is 2.20. The first kappa shape index (κ1) is 25.1. The number of para-hydroxylation sites is 1. The van der Waals surface area contributed by atoms with Crippen molar-refractivity contribution in [1.29, 1.82) is 0 Å². The van der Waals surface area contributed by atoms with Gasteiger partial charge in [0.1, 0.15) is 5.82 Å². The first-order chi connectivity index (χ1) is 17.0. The van der Waals surface area contributed by atoms with E-state index in [1.807, 2.05) is 57.0 Å². The molecule has 188 valence electrons. The number of benzene rings is 1. The molecular formula is C26H32N8O2. The van der Waals surface area contributed by atoms with Crippen LogP contribution in [-0.4, -0.2) is 47.8 Å². The fourth-order valence-corrected chi connectivity index (χ4v) is 4.16. The summed E-state index contributed by atoms with van der Waals surface area (Å²) >= 11 is 0. The lowest BCUT2D eigenvalue weighted by atomic mass is 10.0. The highest BCUT2D eigenvalue weighted by Gasteiger charge is 2.23. The van der Waals surface area contributed by atoms with Gasteiger partial charge < -0.3 is 10.6 Å². The first-order valence-electron chi connectivity index (χ1n) is 11.8. The summed E-state index contributed by atoms with van der Waals surface area (Å²) in [6.45, 7) is 8.39. The van der Waals surface area contributed by atoms with E-state index in [1.165, 1.54) is 4.57 Å². The van der Waals surface area contributed by atoms with Crippen LogP contribution in [0.15, 0.2) is 33.9 Å². The highest BCUT2D eigenvalue weighted by molar-refractivity contribution is 5.80. The molecule has 4 rings (SSSR count). The van der Waals surface area contributed by atoms with E-state index in [0.717, 1.165) is 21.2 Å². The molecule has 0 saturated heterocycles. The molecule has 10 heteroatoms. The fraction of sp³-hybridized carbons (Fsp3) is 0.423. The summed E-state index contributed by atoms with van der Waals surface area (Å²) in [5.74, 6) is 6.86. The summed E-state index contributed by atoms with van der Waals surface area (Å²) in [4.78, 5) is 42.8. The molecule has 0 aliphatic carbocycles. The molecule has 0 saturated carbocycles. The number of hydrogen-bond acceptors (Lipinski definition) is 7. The lowest BCUT2D eigenvalue weighted by molar-refractivity contribution is 0.476. The molecule has 4 aromatic rings. The molecule has 3 aromatic heterocycles. The number of aromatic nitrogens is 6. The number of anilines is 1. The summed E-state index contributed by atoms with van der Waals surface area (Å²) < 4.78 is 4.32. The fourth-order valence-electron chi connectivity index (χ4n) is 4.16. The zero-order chi connectivity index (χ0) is 26.2. The third-order valence-corrected chi connectivity index (χ3v) is 6.20. The molecule has 0 amide bonds. The third-order valence-electron chi connectivity index (χ3n) is 6.20. The molecule has 0 spiro atoms. The van der Waals surface area contributed by atoms with Gasteiger partial charge in [-0.05, 0) is 40.2 Å². The molecule has 3 heterocycles. The second-order valence-corrected chi connectivity index (χ2v) is 9.73. The van der Waals surface area contributed by atoms with Crippen LogP contribution >= 0.6 is 0 Å². The molecule has 0 bridgehead atoms. The van der Waals surface area contributed by atoms with E-state index in [0.29, 0.717) is 35.9 Å². The van der Waals surface area contributed by atoms with E-state index in [4.69, 9.17) is 5.73 Å². The SMILES string of the molecule is CC#CCn1c(N(C)CCC(C)(C)N)nc2c1c(=O)n(Cc1nc(C)c3ccccc3n1)c(=O)n2C. The number of nitrogens with two attached hydrogens (primary N) is 1. The van der Waals surface area contributed by atoms with Gasteiger partial charge in [0, 0.05) is 37.3 Å². The van der Waals surface area contributed by atoms with E-state index >= 15 is 0 Å². The van der Waals surface area contributed by atoms with Gasteiger partial charge in [0.05, 0.1) is 18.6 Å². The molecule has 0 atom stereocenters. The van der Waals surface area contributed by atoms with Crippen LogP contribution in [0.3, 0.4) is 0 Å². The van der Waals surface area contributed by atoms with Crippen LogP contribution in [0.4, 0.5) is 5.95 Å². The van der Waals surface area contributed by atoms with Crippen molar-refractivity contribution in [3.8, 4) is 11.8 Å². The van der Waals surface area contributed by atoms with Gasteiger partial charge in [0.25, 0.3) is 5.56 Å². The Bertz CT molecular complexity index is 1630. The van der Waals surface area contributed by atoms with E-state index in [-0.39, 0.29) is 18.6 Å². The van der Waals surface area contributed by atoms with Crippen molar-refractivity contribution in [3.63, 3.8) is 0 Å². The smallest absolute Gasteiger partial charge is 0.332 e. The second-order valence-electron chi connectivity index (χ2n) is 9.73. The highest BCUT2D eigenvalue weighted by atomic mass is 16.2. The lowest BCUT2D eigenvalue weighted by Crippen LogP contribution is -2.40. The molecule has 1 aromatic carbocycles. The van der Waals surface area contributed by atoms with Crippen molar-refractivity contribution in [2.24, 2.45) is 12.8 Å². The number of nitrogens with zero attached hydrogens (tertiary/aromatic N) is 7. The minimum absolute atomic E-state index is 0.0513. The van der Waals surface area contributed by atoms with E-state index in [2.05, 4.69) is 26.8 Å². The minimum atomic E-state index is -0.481. The average Bonchev–Trinajstić information content (AvgIpc) is 3.22. The number of aryl methyl sites for hydroxylation is 2. The van der Waals surface area contributed by atoms with Crippen molar-refractivity contribution < 1.29 is 0 Å². The maximum atomic E-state index is 13.7. The van der Waals surface area contributed by atoms with Crippen LogP contribution in [0, 0.1) is 18.8 Å². The van der Waals surface area contributed by atoms with Crippen molar-refractivity contribution in [2.45, 2.75) is 52.7 Å². The molecule has 0 aliphatic heterocycles. The minimum Gasteiger partial charge on any atom is -0.345 e. The standard InChI is InChI=1S/C26H32N8O2/c1-7-8-14-33-21-22(30-24(33)31(5)15-13-26(3,4)27)32(6)25(36)34(23(21)35)16-20-28-17(2)18-11-9-10-12-19(18)29-20/h9-12H,13-16,27H2,1-6H3. The molecule has 0 aliphatic rings. The average molecular weight is 489 g/mol. The van der Waals surface area contributed by atoms with E-state index in [9.17, 15) is 9.59 Å². The Balaban J connectivity index is 1.88. The number of fused-ring (bicyclic) bond motifs is 2. The number of imidazole rings is 1. The summed E-state index contributed by atoms with van der Waals surface area (Å²) in [5, 5.41) is 0.932. The van der Waals surface area contributed by atoms with Gasteiger partial charge in [-0.1, -0.05) is 24.1 Å². The maximum absolute atomic E-state index is 13.7. The van der Waals surface area contributed by atoms with Crippen molar-refractivity contribution >= 4 is 28.0 Å². The maximum Gasteiger partial charge on any atom is 0.332 e. The monoisotopic (exact) mass is 488 g/mol. The van der Waals surface area contributed by atoms with Crippen molar-refractivity contribution in [3.05, 3.63) is 56.6 Å². The van der Waals surface area contributed by atoms with Gasteiger partial charge in [-0.3, -0.25) is 18.5 Å². The summed E-state index contributed by atoms with van der Waals surface area (Å²) in [7, 11) is 3.51. The number of rotatable bonds is 7. The Morgan fingerprint density at radius 1 is 1.11 bits per heavy atom. The Labute approximate surface area is 209 Å². The zero-order valence-corrected chi connectivity index (χ0v) is 21.7. The Morgan fingerprint density at radius 2 is 1.83 bits per heavy atom. The van der Waals surface area contributed by atoms with Crippen molar-refractivity contribution in [2.75, 3.05) is 18.5 Å². The quantitative estimate of drug-likeness (QED) is 0.394. The normalized spacial score (nSPS) is 11.6. The molecule has 0 radical (unpaired) electrons. The van der Waals surface area contributed by atoms with Gasteiger partial charge in [0.2, 0.25) is 5.95 Å². The molecular weight excluding hydrogens is 456 g/mol. The molecule has 36 heavy (non-hydrogen) atoms. The van der Waals surface area contributed by atoms with Gasteiger partial charge in [-0.15, -0.1) is 5.92 Å². The van der Waals surface area contributed by atoms with Crippen LogP contribution in [0.2, 0.25) is 0 Å². The van der Waals surface area contributed by atoms with Crippen LogP contribution in [0.1, 0.15) is 38.7 Å². The van der Waals surface area contributed by atoms with Crippen LogP contribution in [0.25, 0.3) is 22.1 Å². The Morgan fingerprint density at radius 3 is 2.53 bits per heavy atom. The van der Waals surface area contributed by atoms with Gasteiger partial charge in [-0.25, -0.2) is 14.8 Å². The van der Waals surface area contributed by atoms with Gasteiger partial charge in [0.15, 0.2) is 11.2 Å². The van der Waals surface area contributed by atoms with Gasteiger partial charge >= 0.3 is 5.69 Å². The third kappa shape index (κ3) is 4.75.